The lowest BCUT2D eigenvalue weighted by Gasteiger charge is -2.05. The van der Waals surface area contributed by atoms with Gasteiger partial charge in [-0.05, 0) is 39.0 Å². The summed E-state index contributed by atoms with van der Waals surface area (Å²) in [6.45, 7) is 5.85. The summed E-state index contributed by atoms with van der Waals surface area (Å²) < 4.78 is 1.69. The lowest BCUT2D eigenvalue weighted by atomic mass is 10.1. The molecule has 1 aromatic carbocycles. The summed E-state index contributed by atoms with van der Waals surface area (Å²) in [4.78, 5) is 25.6. The van der Waals surface area contributed by atoms with E-state index in [1.807, 2.05) is 56.5 Å². The van der Waals surface area contributed by atoms with Crippen molar-refractivity contribution in [3.05, 3.63) is 52.1 Å². The molecule has 0 aliphatic rings. The Labute approximate surface area is 170 Å². The van der Waals surface area contributed by atoms with E-state index in [4.69, 9.17) is 0 Å². The summed E-state index contributed by atoms with van der Waals surface area (Å²) in [5.41, 5.74) is 4.49. The van der Waals surface area contributed by atoms with Crippen molar-refractivity contribution in [3.8, 4) is 11.3 Å². The molecule has 1 N–H and O–H groups in total. The van der Waals surface area contributed by atoms with E-state index in [0.717, 1.165) is 33.3 Å². The second kappa shape index (κ2) is 7.69. The molecule has 0 saturated heterocycles. The van der Waals surface area contributed by atoms with Gasteiger partial charge >= 0.3 is 0 Å². The predicted molar refractivity (Wildman–Crippen MR) is 112 cm³/mol. The van der Waals surface area contributed by atoms with Crippen LogP contribution in [0.4, 0.5) is 5.69 Å². The molecule has 1 amide bonds. The maximum Gasteiger partial charge on any atom is 0.253 e. The highest BCUT2D eigenvalue weighted by Crippen LogP contribution is 2.24. The van der Waals surface area contributed by atoms with Crippen LogP contribution in [-0.4, -0.2) is 36.2 Å². The normalized spacial score (nSPS) is 11.1. The molecule has 4 rings (SSSR count). The van der Waals surface area contributed by atoms with Gasteiger partial charge in [-0.25, -0.2) is 14.5 Å². The monoisotopic (exact) mass is 410 g/mol. The zero-order chi connectivity index (χ0) is 19.7. The zero-order valence-corrected chi connectivity index (χ0v) is 17.3. The van der Waals surface area contributed by atoms with Gasteiger partial charge in [0.05, 0.1) is 16.5 Å². The summed E-state index contributed by atoms with van der Waals surface area (Å²) in [7, 11) is 0. The van der Waals surface area contributed by atoms with E-state index < -0.39 is 0 Å². The largest absolute Gasteiger partial charge is 0.325 e. The maximum absolute atomic E-state index is 12.4. The number of fused-ring (bicyclic) bond motifs is 1. The van der Waals surface area contributed by atoms with E-state index in [9.17, 15) is 4.79 Å². The Balaban J connectivity index is 1.42. The third kappa shape index (κ3) is 4.05. The molecule has 0 spiro atoms. The first-order valence-electron chi connectivity index (χ1n) is 8.64. The average Bonchev–Trinajstić information content (AvgIpc) is 3.26. The average molecular weight is 411 g/mol. The van der Waals surface area contributed by atoms with Crippen molar-refractivity contribution in [3.63, 3.8) is 0 Å². The molecule has 0 aliphatic heterocycles. The predicted octanol–water partition coefficient (Wildman–Crippen LogP) is 3.90. The third-order valence-electron chi connectivity index (χ3n) is 3.99. The summed E-state index contributed by atoms with van der Waals surface area (Å²) >= 11 is 2.89. The van der Waals surface area contributed by atoms with Gasteiger partial charge in [0.1, 0.15) is 0 Å². The molecule has 7 nitrogen and oxygen atoms in total. The standard InChI is InChI=1S/C19H18N6OS2/c1-11-7-12(2)25-18(20-11)23-19(24-25)28-10-17(26)22-15-6-4-5-14(8-15)16-9-27-13(3)21-16/h4-9H,10H2,1-3H3,(H,22,26). The summed E-state index contributed by atoms with van der Waals surface area (Å²) in [6, 6.07) is 9.63. The van der Waals surface area contributed by atoms with Crippen LogP contribution in [0.25, 0.3) is 17.0 Å². The first-order chi connectivity index (χ1) is 13.5. The number of thiazole rings is 1. The minimum atomic E-state index is -0.115. The second-order valence-corrected chi connectivity index (χ2v) is 8.32. The molecule has 0 unspecified atom stereocenters. The summed E-state index contributed by atoms with van der Waals surface area (Å²) in [5, 5.41) is 10.9. The van der Waals surface area contributed by atoms with Gasteiger partial charge in [0.25, 0.3) is 5.78 Å². The van der Waals surface area contributed by atoms with Crippen LogP contribution in [0.3, 0.4) is 0 Å². The Morgan fingerprint density at radius 1 is 1.18 bits per heavy atom. The molecule has 0 bridgehead atoms. The van der Waals surface area contributed by atoms with Gasteiger partial charge in [-0.2, -0.15) is 4.98 Å². The number of carbonyl (C=O) groups is 1. The minimum Gasteiger partial charge on any atom is -0.325 e. The third-order valence-corrected chi connectivity index (χ3v) is 5.60. The Bertz CT molecular complexity index is 1170. The van der Waals surface area contributed by atoms with Crippen molar-refractivity contribution in [2.24, 2.45) is 0 Å². The highest BCUT2D eigenvalue weighted by molar-refractivity contribution is 7.99. The van der Waals surface area contributed by atoms with Gasteiger partial charge in [0.15, 0.2) is 0 Å². The van der Waals surface area contributed by atoms with Crippen LogP contribution in [0, 0.1) is 20.8 Å². The number of nitrogens with zero attached hydrogens (tertiary/aromatic N) is 5. The molecule has 4 aromatic rings. The number of hydrogen-bond acceptors (Lipinski definition) is 7. The Kier molecular flexibility index (Phi) is 5.10. The Morgan fingerprint density at radius 2 is 2.04 bits per heavy atom. The number of carbonyl (C=O) groups excluding carboxylic acids is 1. The summed E-state index contributed by atoms with van der Waals surface area (Å²) in [5.74, 6) is 0.651. The van der Waals surface area contributed by atoms with Crippen molar-refractivity contribution >= 4 is 40.5 Å². The molecule has 0 saturated carbocycles. The SMILES string of the molecule is Cc1cc(C)n2nc(SCC(=O)Nc3cccc(-c4csc(C)n4)c3)nc2n1. The first kappa shape index (κ1) is 18.6. The van der Waals surface area contributed by atoms with Crippen molar-refractivity contribution < 1.29 is 4.79 Å². The summed E-state index contributed by atoms with van der Waals surface area (Å²) in [6.07, 6.45) is 0. The number of thioether (sulfide) groups is 1. The molecule has 0 radical (unpaired) electrons. The molecule has 28 heavy (non-hydrogen) atoms. The number of hydrogen-bond donors (Lipinski definition) is 1. The lowest BCUT2D eigenvalue weighted by molar-refractivity contribution is -0.113. The Morgan fingerprint density at radius 3 is 2.82 bits per heavy atom. The van der Waals surface area contributed by atoms with Crippen LogP contribution in [0.5, 0.6) is 0 Å². The highest BCUT2D eigenvalue weighted by atomic mass is 32.2. The van der Waals surface area contributed by atoms with Crippen LogP contribution in [-0.2, 0) is 4.79 Å². The smallest absolute Gasteiger partial charge is 0.253 e. The zero-order valence-electron chi connectivity index (χ0n) is 15.6. The van der Waals surface area contributed by atoms with Gasteiger partial charge in [-0.15, -0.1) is 16.4 Å². The van der Waals surface area contributed by atoms with Crippen LogP contribution in [0.1, 0.15) is 16.4 Å². The van der Waals surface area contributed by atoms with Gasteiger partial charge in [-0.1, -0.05) is 23.9 Å². The Hall–Kier alpha value is -2.78. The number of amides is 1. The maximum atomic E-state index is 12.4. The van der Waals surface area contributed by atoms with Gasteiger partial charge in [0, 0.05) is 28.0 Å². The van der Waals surface area contributed by atoms with Crippen molar-refractivity contribution in [2.45, 2.75) is 25.9 Å². The number of nitrogens with one attached hydrogen (secondary N) is 1. The molecule has 142 valence electrons. The molecule has 0 fully saturated rings. The number of aromatic nitrogens is 5. The molecular formula is C19H18N6OS2. The lowest BCUT2D eigenvalue weighted by Crippen LogP contribution is -2.14. The number of aryl methyl sites for hydroxylation is 3. The van der Waals surface area contributed by atoms with Crippen molar-refractivity contribution in [1.29, 1.82) is 0 Å². The number of benzene rings is 1. The second-order valence-electron chi connectivity index (χ2n) is 6.31. The number of rotatable bonds is 5. The molecule has 0 atom stereocenters. The van der Waals surface area contributed by atoms with E-state index in [1.54, 1.807) is 15.9 Å². The van der Waals surface area contributed by atoms with E-state index >= 15 is 0 Å². The van der Waals surface area contributed by atoms with Gasteiger partial charge in [0.2, 0.25) is 11.1 Å². The molecular weight excluding hydrogens is 392 g/mol. The van der Waals surface area contributed by atoms with Crippen LogP contribution in [0.2, 0.25) is 0 Å². The molecule has 3 heterocycles. The van der Waals surface area contributed by atoms with Crippen LogP contribution >= 0.6 is 23.1 Å². The fourth-order valence-corrected chi connectivity index (χ4v) is 4.03. The quantitative estimate of drug-likeness (QED) is 0.502. The van der Waals surface area contributed by atoms with Crippen LogP contribution < -0.4 is 5.32 Å². The van der Waals surface area contributed by atoms with Gasteiger partial charge in [-0.3, -0.25) is 4.79 Å². The van der Waals surface area contributed by atoms with E-state index in [0.29, 0.717) is 10.9 Å². The topological polar surface area (TPSA) is 85.1 Å². The van der Waals surface area contributed by atoms with Crippen molar-refractivity contribution in [2.75, 3.05) is 11.1 Å². The molecule has 3 aromatic heterocycles. The highest BCUT2D eigenvalue weighted by Gasteiger charge is 2.11. The molecule has 0 aliphatic carbocycles. The van der Waals surface area contributed by atoms with Crippen molar-refractivity contribution in [1.82, 2.24) is 24.6 Å². The van der Waals surface area contributed by atoms with Gasteiger partial charge < -0.3 is 5.32 Å². The van der Waals surface area contributed by atoms with E-state index in [1.165, 1.54) is 11.8 Å². The first-order valence-corrected chi connectivity index (χ1v) is 10.5. The molecule has 9 heteroatoms. The fourth-order valence-electron chi connectivity index (χ4n) is 2.79. The van der Waals surface area contributed by atoms with E-state index in [-0.39, 0.29) is 11.7 Å². The van der Waals surface area contributed by atoms with E-state index in [2.05, 4.69) is 25.4 Å². The minimum absolute atomic E-state index is 0.115. The van der Waals surface area contributed by atoms with Crippen LogP contribution in [0.15, 0.2) is 40.9 Å². The fraction of sp³-hybridized carbons (Fsp3) is 0.211. The number of anilines is 1.